The van der Waals surface area contributed by atoms with Crippen LogP contribution in [0.3, 0.4) is 0 Å². The van der Waals surface area contributed by atoms with E-state index in [1.54, 1.807) is 20.8 Å². The molecule has 3 N–H and O–H groups in total. The van der Waals surface area contributed by atoms with Crippen LogP contribution in [0.25, 0.3) is 0 Å². The van der Waals surface area contributed by atoms with Crippen molar-refractivity contribution in [2.24, 2.45) is 5.92 Å². The highest BCUT2D eigenvalue weighted by molar-refractivity contribution is 6.25. The first-order chi connectivity index (χ1) is 10.7. The van der Waals surface area contributed by atoms with Gasteiger partial charge in [0.05, 0.1) is 16.4 Å². The Kier molecular flexibility index (Phi) is 9.69. The molecule has 0 aromatic heterocycles. The van der Waals surface area contributed by atoms with Crippen LogP contribution < -0.4 is 5.32 Å². The zero-order valence-corrected chi connectivity index (χ0v) is 14.0. The molecule has 0 spiro atoms. The first kappa shape index (κ1) is 20.9. The molecule has 0 heterocycles. The Morgan fingerprint density at radius 2 is 1.91 bits per heavy atom. The lowest BCUT2D eigenvalue weighted by Gasteiger charge is -2.22. The number of amides is 1. The topological polar surface area (TPSA) is 131 Å². The highest BCUT2D eigenvalue weighted by atomic mass is 16.5. The SMILES string of the molecule is CCC(C)[C@H](O)C(=O)N[C@@H](CCC(=O)C=[N+]=N)C(=O)OC(C)C. The van der Waals surface area contributed by atoms with E-state index in [2.05, 4.69) is 10.1 Å². The smallest absolute Gasteiger partial charge is 0.372 e. The molecule has 0 aliphatic carbocycles. The lowest BCUT2D eigenvalue weighted by Crippen LogP contribution is -2.48. The summed E-state index contributed by atoms with van der Waals surface area (Å²) in [5.74, 6) is -2.03. The van der Waals surface area contributed by atoms with Crippen LogP contribution in [-0.2, 0) is 19.1 Å². The molecule has 0 radical (unpaired) electrons. The number of nitrogens with zero attached hydrogens (tertiary/aromatic N) is 1. The normalized spacial score (nSPS) is 14.3. The predicted octanol–water partition coefficient (Wildman–Crippen LogP) is 0.489. The number of aliphatic hydroxyl groups excluding tert-OH is 1. The molecule has 0 aliphatic rings. The molecule has 0 aromatic carbocycles. The largest absolute Gasteiger partial charge is 0.461 e. The molecule has 0 saturated heterocycles. The third-order valence-electron chi connectivity index (χ3n) is 3.29. The van der Waals surface area contributed by atoms with E-state index < -0.39 is 29.8 Å². The zero-order valence-electron chi connectivity index (χ0n) is 14.0. The highest BCUT2D eigenvalue weighted by Crippen LogP contribution is 2.09. The first-order valence-electron chi connectivity index (χ1n) is 7.64. The van der Waals surface area contributed by atoms with Gasteiger partial charge in [0.15, 0.2) is 0 Å². The molecule has 8 heteroatoms. The summed E-state index contributed by atoms with van der Waals surface area (Å²) >= 11 is 0. The van der Waals surface area contributed by atoms with Gasteiger partial charge in [0.1, 0.15) is 12.1 Å². The van der Waals surface area contributed by atoms with E-state index in [1.807, 2.05) is 6.92 Å². The van der Waals surface area contributed by atoms with Crippen molar-refractivity contribution in [2.75, 3.05) is 0 Å². The number of esters is 1. The zero-order chi connectivity index (χ0) is 18.0. The number of carbonyl (C=O) groups excluding carboxylic acids is 3. The number of hydrogen-bond acceptors (Lipinski definition) is 6. The summed E-state index contributed by atoms with van der Waals surface area (Å²) in [6.45, 7) is 6.90. The standard InChI is InChI=1S/C15H25N3O5/c1-5-10(4)13(20)14(21)18-12(15(22)23-9(2)3)7-6-11(19)8-17-16/h8-10,12-13,16,20H,5-7H2,1-4H3/p+1/t10?,12-,13-/m0/s1. The van der Waals surface area contributed by atoms with Gasteiger partial charge < -0.3 is 15.2 Å². The molecule has 0 aromatic rings. The molecule has 0 fully saturated rings. The van der Waals surface area contributed by atoms with Crippen molar-refractivity contribution < 1.29 is 29.0 Å². The van der Waals surface area contributed by atoms with Gasteiger partial charge in [0.2, 0.25) is 11.7 Å². The number of aliphatic hydroxyl groups is 1. The highest BCUT2D eigenvalue weighted by Gasteiger charge is 2.28. The number of carbonyl (C=O) groups is 3. The van der Waals surface area contributed by atoms with Crippen molar-refractivity contribution in [1.29, 1.82) is 5.53 Å². The van der Waals surface area contributed by atoms with Crippen molar-refractivity contribution in [3.8, 4) is 0 Å². The molecule has 3 atom stereocenters. The average Bonchev–Trinajstić information content (AvgIpc) is 2.48. The van der Waals surface area contributed by atoms with Gasteiger partial charge in [0, 0.05) is 6.42 Å². The van der Waals surface area contributed by atoms with E-state index >= 15 is 0 Å². The van der Waals surface area contributed by atoms with Crippen molar-refractivity contribution in [3.63, 3.8) is 0 Å². The molecule has 130 valence electrons. The quantitative estimate of drug-likeness (QED) is 0.232. The molecule has 0 aliphatic heterocycles. The Bertz CT molecular complexity index is 472. The van der Waals surface area contributed by atoms with Gasteiger partial charge in [-0.25, -0.2) is 4.79 Å². The summed E-state index contributed by atoms with van der Waals surface area (Å²) in [5.41, 5.74) is 6.59. The van der Waals surface area contributed by atoms with E-state index in [-0.39, 0.29) is 24.9 Å². The van der Waals surface area contributed by atoms with Gasteiger partial charge in [-0.15, -0.1) is 0 Å². The second kappa shape index (κ2) is 10.6. The maximum Gasteiger partial charge on any atom is 0.372 e. The van der Waals surface area contributed by atoms with E-state index in [1.165, 1.54) is 0 Å². The summed E-state index contributed by atoms with van der Waals surface area (Å²) in [5, 5.41) is 12.3. The van der Waals surface area contributed by atoms with Crippen LogP contribution in [0.5, 0.6) is 0 Å². The van der Waals surface area contributed by atoms with Crippen LogP contribution in [-0.4, -0.2) is 52.0 Å². The van der Waals surface area contributed by atoms with Crippen LogP contribution in [0.1, 0.15) is 47.0 Å². The van der Waals surface area contributed by atoms with Gasteiger partial charge in [-0.2, -0.15) is 0 Å². The maximum atomic E-state index is 12.0. The Balaban J connectivity index is 4.90. The molecular weight excluding hydrogens is 302 g/mol. The van der Waals surface area contributed by atoms with Gasteiger partial charge in [-0.05, 0) is 26.2 Å². The number of nitrogens with one attached hydrogen (secondary N) is 2. The Morgan fingerprint density at radius 3 is 2.39 bits per heavy atom. The Morgan fingerprint density at radius 1 is 1.30 bits per heavy atom. The number of Topliss-reactive ketones (excluding diaryl/α,β-unsaturated/α-hetero) is 1. The lowest BCUT2D eigenvalue weighted by molar-refractivity contribution is -0.153. The molecule has 0 rings (SSSR count). The van der Waals surface area contributed by atoms with Crippen LogP contribution in [0, 0.1) is 11.4 Å². The summed E-state index contributed by atoms with van der Waals surface area (Å²) in [7, 11) is 0. The average molecular weight is 328 g/mol. The monoisotopic (exact) mass is 328 g/mol. The minimum Gasteiger partial charge on any atom is -0.461 e. The molecule has 0 bridgehead atoms. The lowest BCUT2D eigenvalue weighted by atomic mass is 10.0. The first-order valence-corrected chi connectivity index (χ1v) is 7.64. The third kappa shape index (κ3) is 8.23. The van der Waals surface area contributed by atoms with E-state index in [0.717, 1.165) is 6.21 Å². The summed E-state index contributed by atoms with van der Waals surface area (Å²) in [6, 6.07) is -1.04. The molecule has 23 heavy (non-hydrogen) atoms. The fourth-order valence-electron chi connectivity index (χ4n) is 1.73. The van der Waals surface area contributed by atoms with Crippen LogP contribution in [0.2, 0.25) is 0 Å². The Labute approximate surface area is 135 Å². The minimum absolute atomic E-state index is 0.00930. The Hall–Kier alpha value is -2.05. The van der Waals surface area contributed by atoms with Gasteiger partial charge in [0.25, 0.3) is 0 Å². The second-order valence-corrected chi connectivity index (χ2v) is 5.64. The minimum atomic E-state index is -1.24. The predicted molar refractivity (Wildman–Crippen MR) is 81.9 cm³/mol. The summed E-state index contributed by atoms with van der Waals surface area (Å²) in [6.07, 6.45) is -0.226. The van der Waals surface area contributed by atoms with Crippen molar-refractivity contribution in [3.05, 3.63) is 0 Å². The van der Waals surface area contributed by atoms with Crippen molar-refractivity contribution in [1.82, 2.24) is 5.32 Å². The number of hydrogen-bond donors (Lipinski definition) is 3. The third-order valence-corrected chi connectivity index (χ3v) is 3.29. The summed E-state index contributed by atoms with van der Waals surface area (Å²) in [4.78, 5) is 38.3. The van der Waals surface area contributed by atoms with Crippen LogP contribution in [0.4, 0.5) is 0 Å². The van der Waals surface area contributed by atoms with Crippen molar-refractivity contribution >= 4 is 23.9 Å². The molecule has 1 amide bonds. The van der Waals surface area contributed by atoms with E-state index in [9.17, 15) is 19.5 Å². The number of rotatable bonds is 10. The van der Waals surface area contributed by atoms with Crippen LogP contribution in [0.15, 0.2) is 0 Å². The van der Waals surface area contributed by atoms with Crippen molar-refractivity contribution in [2.45, 2.75) is 65.2 Å². The van der Waals surface area contributed by atoms with Gasteiger partial charge >= 0.3 is 12.2 Å². The summed E-state index contributed by atoms with van der Waals surface area (Å²) < 4.78 is 5.05. The van der Waals surface area contributed by atoms with E-state index in [4.69, 9.17) is 10.3 Å². The maximum absolute atomic E-state index is 12.0. The van der Waals surface area contributed by atoms with Gasteiger partial charge in [-0.1, -0.05) is 20.3 Å². The molecule has 1 unspecified atom stereocenters. The molecule has 8 nitrogen and oxygen atoms in total. The second-order valence-electron chi connectivity index (χ2n) is 5.64. The number of ether oxygens (including phenoxy) is 1. The number of ketones is 1. The van der Waals surface area contributed by atoms with Gasteiger partial charge in [-0.3, -0.25) is 9.59 Å². The van der Waals surface area contributed by atoms with Crippen LogP contribution >= 0.6 is 0 Å². The fourth-order valence-corrected chi connectivity index (χ4v) is 1.73. The molecule has 0 saturated carbocycles. The fraction of sp³-hybridized carbons (Fsp3) is 0.733. The molecular formula is C15H26N3O5+. The van der Waals surface area contributed by atoms with E-state index in [0.29, 0.717) is 6.42 Å².